The molecule has 0 radical (unpaired) electrons. The number of benzene rings is 1. The van der Waals surface area contributed by atoms with E-state index in [1.807, 2.05) is 23.5 Å². The van der Waals surface area contributed by atoms with Crippen molar-refractivity contribution in [2.45, 2.75) is 19.5 Å². The summed E-state index contributed by atoms with van der Waals surface area (Å²) in [7, 11) is 1.53. The van der Waals surface area contributed by atoms with Crippen molar-refractivity contribution < 1.29 is 19.4 Å². The predicted octanol–water partition coefficient (Wildman–Crippen LogP) is 3.58. The highest BCUT2D eigenvalue weighted by molar-refractivity contribution is 7.09. The van der Waals surface area contributed by atoms with Gasteiger partial charge in [0.2, 0.25) is 0 Å². The first-order valence-electron chi connectivity index (χ1n) is 9.23. The van der Waals surface area contributed by atoms with Gasteiger partial charge in [0.1, 0.15) is 0 Å². The lowest BCUT2D eigenvalue weighted by molar-refractivity contribution is -0.139. The zero-order valence-electron chi connectivity index (χ0n) is 15.9. The summed E-state index contributed by atoms with van der Waals surface area (Å²) in [6, 6.07) is 7.99. The van der Waals surface area contributed by atoms with Crippen molar-refractivity contribution in [3.63, 3.8) is 0 Å². The Morgan fingerprint density at radius 2 is 1.96 bits per heavy atom. The van der Waals surface area contributed by atoms with E-state index in [1.54, 1.807) is 0 Å². The number of carbonyl (C=O) groups is 1. The van der Waals surface area contributed by atoms with Gasteiger partial charge in [-0.25, -0.2) is 4.79 Å². The van der Waals surface area contributed by atoms with Crippen molar-refractivity contribution in [2.75, 3.05) is 39.9 Å². The number of halogens is 1. The fourth-order valence-corrected chi connectivity index (χ4v) is 4.39. The van der Waals surface area contributed by atoms with Crippen LogP contribution in [0.1, 0.15) is 16.9 Å². The van der Waals surface area contributed by atoms with Gasteiger partial charge in [0.05, 0.1) is 12.1 Å². The summed E-state index contributed by atoms with van der Waals surface area (Å²) >= 11 is 8.13. The van der Waals surface area contributed by atoms with Crippen LogP contribution in [0.15, 0.2) is 29.6 Å². The minimum Gasteiger partial charge on any atom is -0.493 e. The highest BCUT2D eigenvalue weighted by Crippen LogP contribution is 2.36. The zero-order chi connectivity index (χ0) is 19.9. The highest BCUT2D eigenvalue weighted by atomic mass is 35.5. The molecule has 1 aliphatic rings. The third kappa shape index (κ3) is 5.85. The van der Waals surface area contributed by atoms with Crippen LogP contribution in [0, 0.1) is 0 Å². The smallest absolute Gasteiger partial charge is 0.341 e. The number of thiophene rings is 1. The van der Waals surface area contributed by atoms with Crippen molar-refractivity contribution >= 4 is 28.9 Å². The Morgan fingerprint density at radius 1 is 1.21 bits per heavy atom. The van der Waals surface area contributed by atoms with Crippen LogP contribution >= 0.6 is 22.9 Å². The molecule has 2 heterocycles. The minimum absolute atomic E-state index is 0.272. The first-order valence-corrected chi connectivity index (χ1v) is 10.5. The average Bonchev–Trinajstić information content (AvgIpc) is 3.07. The molecule has 1 N–H and O–H groups in total. The van der Waals surface area contributed by atoms with Gasteiger partial charge in [-0.15, -0.1) is 11.3 Å². The van der Waals surface area contributed by atoms with Crippen molar-refractivity contribution in [3.05, 3.63) is 45.1 Å². The molecule has 0 unspecified atom stereocenters. The first kappa shape index (κ1) is 20.9. The number of rotatable bonds is 8. The molecule has 0 atom stereocenters. The van der Waals surface area contributed by atoms with Crippen molar-refractivity contribution in [1.82, 2.24) is 9.80 Å². The fourth-order valence-electron chi connectivity index (χ4n) is 3.36. The Hall–Kier alpha value is -1.80. The molecule has 1 saturated heterocycles. The summed E-state index contributed by atoms with van der Waals surface area (Å²) in [5.41, 5.74) is 1.02. The van der Waals surface area contributed by atoms with Crippen molar-refractivity contribution in [3.8, 4) is 11.5 Å². The molecule has 8 heteroatoms. The van der Waals surface area contributed by atoms with Crippen LogP contribution in [-0.2, 0) is 17.9 Å². The fraction of sp³-hybridized carbons (Fsp3) is 0.450. The largest absolute Gasteiger partial charge is 0.493 e. The van der Waals surface area contributed by atoms with Crippen LogP contribution in [0.5, 0.6) is 11.5 Å². The summed E-state index contributed by atoms with van der Waals surface area (Å²) < 4.78 is 10.6. The predicted molar refractivity (Wildman–Crippen MR) is 111 cm³/mol. The molecule has 0 spiro atoms. The Kier molecular flexibility index (Phi) is 7.56. The minimum atomic E-state index is -1.06. The first-order chi connectivity index (χ1) is 13.5. The molecule has 1 aliphatic heterocycles. The molecule has 0 aliphatic carbocycles. The van der Waals surface area contributed by atoms with Crippen LogP contribution < -0.4 is 9.47 Å². The van der Waals surface area contributed by atoms with E-state index in [0.717, 1.165) is 51.3 Å². The molecule has 0 amide bonds. The monoisotopic (exact) mass is 424 g/mol. The van der Waals surface area contributed by atoms with Crippen LogP contribution in [-0.4, -0.2) is 60.8 Å². The molecule has 152 valence electrons. The molecular weight excluding hydrogens is 400 g/mol. The summed E-state index contributed by atoms with van der Waals surface area (Å²) in [4.78, 5) is 17.1. The lowest BCUT2D eigenvalue weighted by Gasteiger charge is -2.22. The van der Waals surface area contributed by atoms with E-state index in [0.29, 0.717) is 10.8 Å². The van der Waals surface area contributed by atoms with Crippen molar-refractivity contribution in [1.29, 1.82) is 0 Å². The van der Waals surface area contributed by atoms with Crippen LogP contribution in [0.25, 0.3) is 0 Å². The van der Waals surface area contributed by atoms with Gasteiger partial charge in [0.15, 0.2) is 18.1 Å². The Morgan fingerprint density at radius 3 is 2.61 bits per heavy atom. The molecule has 1 aromatic heterocycles. The molecule has 6 nitrogen and oxygen atoms in total. The number of hydrogen-bond donors (Lipinski definition) is 1. The number of aliphatic carboxylic acids is 1. The van der Waals surface area contributed by atoms with E-state index >= 15 is 0 Å². The maximum Gasteiger partial charge on any atom is 0.341 e. The lowest BCUT2D eigenvalue weighted by atomic mass is 10.1. The molecular formula is C20H25ClN2O4S. The SMILES string of the molecule is COc1cc(CN2CCCN(Cc3cccs3)CC2)cc(Cl)c1OCC(=O)O. The van der Waals surface area contributed by atoms with Gasteiger partial charge >= 0.3 is 5.97 Å². The van der Waals surface area contributed by atoms with Crippen LogP contribution in [0.4, 0.5) is 0 Å². The second kappa shape index (κ2) is 10.1. The maximum absolute atomic E-state index is 10.8. The summed E-state index contributed by atoms with van der Waals surface area (Å²) in [6.45, 7) is 5.47. The molecule has 3 rings (SSSR count). The van der Waals surface area contributed by atoms with E-state index < -0.39 is 12.6 Å². The van der Waals surface area contributed by atoms with E-state index in [1.165, 1.54) is 12.0 Å². The van der Waals surface area contributed by atoms with Gasteiger partial charge in [-0.05, 0) is 48.7 Å². The number of ether oxygens (including phenoxy) is 2. The number of hydrogen-bond acceptors (Lipinski definition) is 6. The Balaban J connectivity index is 1.61. The normalized spacial score (nSPS) is 15.9. The summed E-state index contributed by atoms with van der Waals surface area (Å²) in [6.07, 6.45) is 1.12. The number of carboxylic acids is 1. The highest BCUT2D eigenvalue weighted by Gasteiger charge is 2.18. The number of methoxy groups -OCH3 is 1. The number of carboxylic acid groups (broad SMARTS) is 1. The third-order valence-electron chi connectivity index (χ3n) is 4.68. The second-order valence-corrected chi connectivity index (χ2v) is 8.22. The quantitative estimate of drug-likeness (QED) is 0.698. The standard InChI is InChI=1S/C20H25ClN2O4S/c1-26-18-11-15(10-17(21)20(18)27-14-19(24)25)12-22-5-3-6-23(8-7-22)13-16-4-2-9-28-16/h2,4,9-11H,3,5-8,12-14H2,1H3,(H,24,25). The lowest BCUT2D eigenvalue weighted by Crippen LogP contribution is -2.30. The van der Waals surface area contributed by atoms with Gasteiger partial charge < -0.3 is 14.6 Å². The van der Waals surface area contributed by atoms with E-state index in [-0.39, 0.29) is 5.75 Å². The van der Waals surface area contributed by atoms with Crippen molar-refractivity contribution in [2.24, 2.45) is 0 Å². The number of nitrogens with zero attached hydrogens (tertiary/aromatic N) is 2. The molecule has 0 bridgehead atoms. The summed E-state index contributed by atoms with van der Waals surface area (Å²) in [5, 5.41) is 11.3. The van der Waals surface area contributed by atoms with E-state index in [4.69, 9.17) is 26.2 Å². The third-order valence-corrected chi connectivity index (χ3v) is 5.82. The molecule has 1 fully saturated rings. The zero-order valence-corrected chi connectivity index (χ0v) is 17.5. The van der Waals surface area contributed by atoms with E-state index in [9.17, 15) is 4.79 Å². The molecule has 1 aromatic carbocycles. The second-order valence-electron chi connectivity index (χ2n) is 6.78. The summed E-state index contributed by atoms with van der Waals surface area (Å²) in [5.74, 6) is -0.329. The Bertz CT molecular complexity index is 785. The van der Waals surface area contributed by atoms with Crippen LogP contribution in [0.2, 0.25) is 5.02 Å². The van der Waals surface area contributed by atoms with Gasteiger partial charge in [-0.3, -0.25) is 9.80 Å². The van der Waals surface area contributed by atoms with E-state index in [2.05, 4.69) is 27.3 Å². The maximum atomic E-state index is 10.8. The average molecular weight is 425 g/mol. The van der Waals surface area contributed by atoms with Crippen LogP contribution in [0.3, 0.4) is 0 Å². The van der Waals surface area contributed by atoms with Gasteiger partial charge in [-0.1, -0.05) is 17.7 Å². The Labute approximate surface area is 174 Å². The van der Waals surface area contributed by atoms with Gasteiger partial charge in [-0.2, -0.15) is 0 Å². The molecule has 28 heavy (non-hydrogen) atoms. The van der Waals surface area contributed by atoms with Gasteiger partial charge in [0, 0.05) is 31.1 Å². The topological polar surface area (TPSA) is 62.2 Å². The molecule has 0 saturated carbocycles. The molecule has 2 aromatic rings. The van der Waals surface area contributed by atoms with Gasteiger partial charge in [0.25, 0.3) is 0 Å².